The minimum atomic E-state index is -4.51. The van der Waals surface area contributed by atoms with Crippen LogP contribution >= 0.6 is 0 Å². The largest absolute Gasteiger partial charge is 0.434 e. The van der Waals surface area contributed by atoms with Gasteiger partial charge in [0.05, 0.1) is 16.9 Å². The number of benzene rings is 1. The van der Waals surface area contributed by atoms with E-state index in [9.17, 15) is 17.6 Å². The van der Waals surface area contributed by atoms with Crippen LogP contribution in [0.2, 0.25) is 0 Å². The lowest BCUT2D eigenvalue weighted by molar-refractivity contribution is -0.137. The fourth-order valence-electron chi connectivity index (χ4n) is 1.63. The Balaban J connectivity index is 2.33. The van der Waals surface area contributed by atoms with Crippen LogP contribution in [-0.2, 0) is 12.6 Å². The minimum Gasteiger partial charge on any atom is -0.434 e. The predicted octanol–water partition coefficient (Wildman–Crippen LogP) is 3.57. The molecule has 0 radical (unpaired) electrons. The van der Waals surface area contributed by atoms with Crippen molar-refractivity contribution in [2.75, 3.05) is 5.73 Å². The first kappa shape index (κ1) is 15.0. The zero-order valence-electron chi connectivity index (χ0n) is 10.9. The standard InChI is InChI=1S/C13H11F4N3O/c1-2-9-11(14)12(20-6-19-9)21-10-4-3-7(5-8(10)18)13(15,16)17/h3-6H,2,18H2,1H3. The summed E-state index contributed by atoms with van der Waals surface area (Å²) in [6.45, 7) is 1.70. The van der Waals surface area contributed by atoms with Crippen LogP contribution in [0.15, 0.2) is 24.5 Å². The first-order valence-electron chi connectivity index (χ1n) is 5.97. The van der Waals surface area contributed by atoms with Gasteiger partial charge in [0.15, 0.2) is 5.75 Å². The molecule has 0 amide bonds. The Morgan fingerprint density at radius 3 is 2.52 bits per heavy atom. The van der Waals surface area contributed by atoms with Crippen LogP contribution in [0.4, 0.5) is 23.2 Å². The van der Waals surface area contributed by atoms with Gasteiger partial charge in [-0.3, -0.25) is 0 Å². The van der Waals surface area contributed by atoms with Crippen LogP contribution in [-0.4, -0.2) is 9.97 Å². The summed E-state index contributed by atoms with van der Waals surface area (Å²) < 4.78 is 56.6. The van der Waals surface area contributed by atoms with Crippen LogP contribution in [0.25, 0.3) is 0 Å². The summed E-state index contributed by atoms with van der Waals surface area (Å²) >= 11 is 0. The highest BCUT2D eigenvalue weighted by molar-refractivity contribution is 5.55. The highest BCUT2D eigenvalue weighted by Crippen LogP contribution is 2.35. The van der Waals surface area contributed by atoms with Crippen LogP contribution in [0.5, 0.6) is 11.6 Å². The molecule has 0 atom stereocenters. The Hall–Kier alpha value is -2.38. The lowest BCUT2D eigenvalue weighted by Gasteiger charge is -2.12. The van der Waals surface area contributed by atoms with E-state index >= 15 is 0 Å². The molecule has 0 aliphatic heterocycles. The second-order valence-electron chi connectivity index (χ2n) is 4.15. The molecule has 0 fully saturated rings. The van der Waals surface area contributed by atoms with Crippen molar-refractivity contribution in [3.63, 3.8) is 0 Å². The topological polar surface area (TPSA) is 61.0 Å². The average molecular weight is 301 g/mol. The molecule has 2 N–H and O–H groups in total. The number of nitrogens with two attached hydrogens (primary N) is 1. The molecule has 1 aromatic heterocycles. The molecule has 2 aromatic rings. The van der Waals surface area contributed by atoms with Crippen LogP contribution in [0, 0.1) is 5.82 Å². The number of aromatic nitrogens is 2. The van der Waals surface area contributed by atoms with Gasteiger partial charge >= 0.3 is 6.18 Å². The molecule has 2 rings (SSSR count). The van der Waals surface area contributed by atoms with E-state index in [1.54, 1.807) is 6.92 Å². The summed E-state index contributed by atoms with van der Waals surface area (Å²) in [7, 11) is 0. The predicted molar refractivity (Wildman–Crippen MR) is 67.3 cm³/mol. The number of hydrogen-bond donors (Lipinski definition) is 1. The molecule has 8 heteroatoms. The van der Waals surface area contributed by atoms with E-state index in [-0.39, 0.29) is 23.0 Å². The van der Waals surface area contributed by atoms with Crippen molar-refractivity contribution in [1.82, 2.24) is 9.97 Å². The van der Waals surface area contributed by atoms with E-state index in [0.29, 0.717) is 6.42 Å². The SMILES string of the molecule is CCc1ncnc(Oc2ccc(C(F)(F)F)cc2N)c1F. The molecule has 0 aliphatic rings. The number of anilines is 1. The number of nitrogen functional groups attached to an aromatic ring is 1. The number of hydrogen-bond acceptors (Lipinski definition) is 4. The van der Waals surface area contributed by atoms with Gasteiger partial charge in [0, 0.05) is 0 Å². The lowest BCUT2D eigenvalue weighted by atomic mass is 10.2. The van der Waals surface area contributed by atoms with Crippen molar-refractivity contribution in [3.8, 4) is 11.6 Å². The van der Waals surface area contributed by atoms with Gasteiger partial charge in [-0.05, 0) is 24.6 Å². The fraction of sp³-hybridized carbons (Fsp3) is 0.231. The lowest BCUT2D eigenvalue weighted by Crippen LogP contribution is -2.06. The van der Waals surface area contributed by atoms with Crippen molar-refractivity contribution >= 4 is 5.69 Å². The molecule has 0 aliphatic carbocycles. The summed E-state index contributed by atoms with van der Waals surface area (Å²) in [4.78, 5) is 7.33. The molecular weight excluding hydrogens is 290 g/mol. The monoisotopic (exact) mass is 301 g/mol. The third kappa shape index (κ3) is 3.21. The third-order valence-electron chi connectivity index (χ3n) is 2.71. The van der Waals surface area contributed by atoms with Gasteiger partial charge in [0.25, 0.3) is 5.88 Å². The molecule has 112 valence electrons. The number of ether oxygens (including phenoxy) is 1. The maximum Gasteiger partial charge on any atom is 0.416 e. The fourth-order valence-corrected chi connectivity index (χ4v) is 1.63. The van der Waals surface area contributed by atoms with Gasteiger partial charge < -0.3 is 10.5 Å². The Morgan fingerprint density at radius 2 is 1.95 bits per heavy atom. The molecule has 1 aromatic carbocycles. The quantitative estimate of drug-likeness (QED) is 0.695. The second kappa shape index (κ2) is 5.55. The molecule has 0 saturated carbocycles. The minimum absolute atomic E-state index is 0.109. The van der Waals surface area contributed by atoms with E-state index in [0.717, 1.165) is 24.5 Å². The van der Waals surface area contributed by atoms with Crippen molar-refractivity contribution in [1.29, 1.82) is 0 Å². The number of alkyl halides is 3. The van der Waals surface area contributed by atoms with Crippen molar-refractivity contribution in [3.05, 3.63) is 41.6 Å². The Morgan fingerprint density at radius 1 is 1.24 bits per heavy atom. The van der Waals surface area contributed by atoms with E-state index < -0.39 is 17.6 Å². The van der Waals surface area contributed by atoms with E-state index in [1.807, 2.05) is 0 Å². The molecule has 1 heterocycles. The Labute approximate surface area is 117 Å². The first-order valence-corrected chi connectivity index (χ1v) is 5.97. The van der Waals surface area contributed by atoms with Crippen molar-refractivity contribution < 1.29 is 22.3 Å². The summed E-state index contributed by atoms with van der Waals surface area (Å²) in [5, 5.41) is 0. The third-order valence-corrected chi connectivity index (χ3v) is 2.71. The van der Waals surface area contributed by atoms with Gasteiger partial charge in [0.2, 0.25) is 5.82 Å². The molecular formula is C13H11F4N3O. The van der Waals surface area contributed by atoms with Crippen molar-refractivity contribution in [2.24, 2.45) is 0 Å². The summed E-state index contributed by atoms with van der Waals surface area (Å²) in [6.07, 6.45) is -3.08. The second-order valence-corrected chi connectivity index (χ2v) is 4.15. The summed E-state index contributed by atoms with van der Waals surface area (Å²) in [6, 6.07) is 2.53. The zero-order chi connectivity index (χ0) is 15.6. The van der Waals surface area contributed by atoms with Gasteiger partial charge in [0.1, 0.15) is 6.33 Å². The summed E-state index contributed by atoms with van der Waals surface area (Å²) in [5.74, 6) is -1.25. The molecule has 0 bridgehead atoms. The Kier molecular flexibility index (Phi) is 3.97. The maximum absolute atomic E-state index is 13.9. The van der Waals surface area contributed by atoms with Crippen LogP contribution < -0.4 is 10.5 Å². The maximum atomic E-state index is 13.9. The molecule has 4 nitrogen and oxygen atoms in total. The van der Waals surface area contributed by atoms with E-state index in [1.165, 1.54) is 0 Å². The van der Waals surface area contributed by atoms with Gasteiger partial charge in [-0.15, -0.1) is 0 Å². The number of rotatable bonds is 3. The van der Waals surface area contributed by atoms with Crippen LogP contribution in [0.3, 0.4) is 0 Å². The highest BCUT2D eigenvalue weighted by atomic mass is 19.4. The van der Waals surface area contributed by atoms with Gasteiger partial charge in [-0.1, -0.05) is 6.92 Å². The molecule has 0 unspecified atom stereocenters. The van der Waals surface area contributed by atoms with Crippen LogP contribution in [0.1, 0.15) is 18.2 Å². The van der Waals surface area contributed by atoms with E-state index in [4.69, 9.17) is 10.5 Å². The van der Waals surface area contributed by atoms with E-state index in [2.05, 4.69) is 9.97 Å². The first-order chi connectivity index (χ1) is 9.82. The number of aryl methyl sites for hydroxylation is 1. The zero-order valence-corrected chi connectivity index (χ0v) is 10.9. The van der Waals surface area contributed by atoms with Gasteiger partial charge in [-0.2, -0.15) is 22.5 Å². The normalized spacial score (nSPS) is 11.5. The summed E-state index contributed by atoms with van der Waals surface area (Å²) in [5.41, 5.74) is 4.46. The molecule has 21 heavy (non-hydrogen) atoms. The average Bonchev–Trinajstić information content (AvgIpc) is 2.42. The Bertz CT molecular complexity index is 658. The molecule has 0 saturated heterocycles. The number of halogens is 4. The highest BCUT2D eigenvalue weighted by Gasteiger charge is 2.31. The van der Waals surface area contributed by atoms with Gasteiger partial charge in [-0.25, -0.2) is 4.98 Å². The van der Waals surface area contributed by atoms with Crippen molar-refractivity contribution in [2.45, 2.75) is 19.5 Å². The smallest absolute Gasteiger partial charge is 0.416 e. The number of nitrogens with zero attached hydrogens (tertiary/aromatic N) is 2. The molecule has 0 spiro atoms.